The zero-order valence-electron chi connectivity index (χ0n) is 13.7. The fraction of sp³-hybridized carbons (Fsp3) is 0.706. The van der Waals surface area contributed by atoms with Gasteiger partial charge in [0.1, 0.15) is 0 Å². The van der Waals surface area contributed by atoms with Crippen LogP contribution in [0.2, 0.25) is 0 Å². The lowest BCUT2D eigenvalue weighted by molar-refractivity contribution is -0.140. The lowest BCUT2D eigenvalue weighted by Gasteiger charge is -2.36. The Bertz CT molecular complexity index is 491. The molecule has 0 bridgehead atoms. The summed E-state index contributed by atoms with van der Waals surface area (Å²) in [5, 5.41) is 0. The molecule has 0 radical (unpaired) electrons. The van der Waals surface area contributed by atoms with E-state index in [9.17, 15) is 4.79 Å². The number of carbonyl (C=O) groups is 1. The van der Waals surface area contributed by atoms with Crippen LogP contribution in [0.5, 0.6) is 0 Å². The van der Waals surface area contributed by atoms with Gasteiger partial charge in [0, 0.05) is 38.1 Å². The minimum atomic E-state index is 0.164. The molecule has 0 aromatic carbocycles. The third kappa shape index (κ3) is 4.72. The smallest absolute Gasteiger partial charge is 0.224 e. The van der Waals surface area contributed by atoms with Crippen molar-refractivity contribution in [3.8, 4) is 0 Å². The molecule has 1 atom stereocenters. The Labute approximate surface area is 137 Å². The quantitative estimate of drug-likeness (QED) is 0.787. The predicted molar refractivity (Wildman–Crippen MR) is 87.0 cm³/mol. The van der Waals surface area contributed by atoms with E-state index in [-0.39, 0.29) is 11.9 Å². The lowest BCUT2D eigenvalue weighted by atomic mass is 10.1. The SMILES string of the molecule is O=C(CCN1CCCC1)N1CCOC[C@H]1CCc1cnccn1. The number of ether oxygens (including phenoxy) is 1. The van der Waals surface area contributed by atoms with Crippen LogP contribution in [0.1, 0.15) is 31.4 Å². The van der Waals surface area contributed by atoms with Crippen molar-refractivity contribution in [1.29, 1.82) is 0 Å². The van der Waals surface area contributed by atoms with Crippen molar-refractivity contribution in [3.05, 3.63) is 24.3 Å². The Hall–Kier alpha value is -1.53. The van der Waals surface area contributed by atoms with Crippen LogP contribution in [0.4, 0.5) is 0 Å². The molecule has 23 heavy (non-hydrogen) atoms. The minimum Gasteiger partial charge on any atom is -0.377 e. The summed E-state index contributed by atoms with van der Waals surface area (Å²) in [6.07, 6.45) is 10.1. The van der Waals surface area contributed by atoms with E-state index in [1.807, 2.05) is 4.90 Å². The second-order valence-corrected chi connectivity index (χ2v) is 6.35. The monoisotopic (exact) mass is 318 g/mol. The molecule has 2 aliphatic rings. The molecule has 6 nitrogen and oxygen atoms in total. The van der Waals surface area contributed by atoms with Crippen molar-refractivity contribution < 1.29 is 9.53 Å². The number of hydrogen-bond acceptors (Lipinski definition) is 5. The van der Waals surface area contributed by atoms with Crippen LogP contribution >= 0.6 is 0 Å². The molecular weight excluding hydrogens is 292 g/mol. The summed E-state index contributed by atoms with van der Waals surface area (Å²) in [4.78, 5) is 25.4. The van der Waals surface area contributed by atoms with Gasteiger partial charge in [0.2, 0.25) is 5.91 Å². The average molecular weight is 318 g/mol. The van der Waals surface area contributed by atoms with E-state index in [1.54, 1.807) is 18.6 Å². The Morgan fingerprint density at radius 2 is 2.13 bits per heavy atom. The largest absolute Gasteiger partial charge is 0.377 e. The van der Waals surface area contributed by atoms with Crippen LogP contribution in [-0.4, -0.2) is 71.1 Å². The number of aromatic nitrogens is 2. The maximum Gasteiger partial charge on any atom is 0.224 e. The standard InChI is InChI=1S/C17H26N4O2/c22-17(5-10-20-8-1-2-9-20)21-11-12-23-14-16(21)4-3-15-13-18-6-7-19-15/h6-7,13,16H,1-5,8-12,14H2/t16-/m1/s1. The molecule has 0 unspecified atom stereocenters. The van der Waals surface area contributed by atoms with E-state index in [4.69, 9.17) is 4.74 Å². The Morgan fingerprint density at radius 3 is 2.91 bits per heavy atom. The molecule has 1 aromatic heterocycles. The normalized spacial score (nSPS) is 22.4. The highest BCUT2D eigenvalue weighted by Gasteiger charge is 2.27. The van der Waals surface area contributed by atoms with Crippen LogP contribution in [0, 0.1) is 0 Å². The highest BCUT2D eigenvalue weighted by atomic mass is 16.5. The van der Waals surface area contributed by atoms with E-state index in [0.29, 0.717) is 26.2 Å². The summed E-state index contributed by atoms with van der Waals surface area (Å²) < 4.78 is 5.59. The number of likely N-dealkylation sites (tertiary alicyclic amines) is 1. The molecule has 0 saturated carbocycles. The molecule has 6 heteroatoms. The minimum absolute atomic E-state index is 0.164. The summed E-state index contributed by atoms with van der Waals surface area (Å²) in [5.74, 6) is 0.268. The van der Waals surface area contributed by atoms with Gasteiger partial charge in [0.25, 0.3) is 0 Å². The van der Waals surface area contributed by atoms with Gasteiger partial charge in [0.15, 0.2) is 0 Å². The Balaban J connectivity index is 1.49. The second kappa shape index (κ2) is 8.36. The second-order valence-electron chi connectivity index (χ2n) is 6.35. The van der Waals surface area contributed by atoms with Crippen LogP contribution in [0.15, 0.2) is 18.6 Å². The molecule has 3 rings (SSSR count). The number of amides is 1. The summed E-state index contributed by atoms with van der Waals surface area (Å²) >= 11 is 0. The highest BCUT2D eigenvalue weighted by Crippen LogP contribution is 2.15. The van der Waals surface area contributed by atoms with Gasteiger partial charge in [-0.3, -0.25) is 14.8 Å². The van der Waals surface area contributed by atoms with Crippen molar-refractivity contribution in [3.63, 3.8) is 0 Å². The van der Waals surface area contributed by atoms with Crippen LogP contribution in [0.3, 0.4) is 0 Å². The number of aryl methyl sites for hydroxylation is 1. The number of morpholine rings is 1. The average Bonchev–Trinajstić information content (AvgIpc) is 3.12. The van der Waals surface area contributed by atoms with Gasteiger partial charge in [-0.1, -0.05) is 0 Å². The molecule has 0 N–H and O–H groups in total. The first-order chi connectivity index (χ1) is 11.3. The fourth-order valence-corrected chi connectivity index (χ4v) is 3.40. The van der Waals surface area contributed by atoms with Gasteiger partial charge in [-0.15, -0.1) is 0 Å². The zero-order valence-corrected chi connectivity index (χ0v) is 13.7. The van der Waals surface area contributed by atoms with Crippen molar-refractivity contribution in [2.45, 2.75) is 38.1 Å². The summed E-state index contributed by atoms with van der Waals surface area (Å²) in [7, 11) is 0. The third-order valence-electron chi connectivity index (χ3n) is 4.74. The number of hydrogen-bond donors (Lipinski definition) is 0. The van der Waals surface area contributed by atoms with Crippen molar-refractivity contribution in [1.82, 2.24) is 19.8 Å². The van der Waals surface area contributed by atoms with E-state index in [2.05, 4.69) is 14.9 Å². The molecule has 126 valence electrons. The van der Waals surface area contributed by atoms with E-state index < -0.39 is 0 Å². The maximum absolute atomic E-state index is 12.6. The third-order valence-corrected chi connectivity index (χ3v) is 4.74. The van der Waals surface area contributed by atoms with Crippen LogP contribution < -0.4 is 0 Å². The first-order valence-electron chi connectivity index (χ1n) is 8.67. The van der Waals surface area contributed by atoms with Gasteiger partial charge in [0.05, 0.1) is 24.9 Å². The van der Waals surface area contributed by atoms with Crippen molar-refractivity contribution in [2.24, 2.45) is 0 Å². The lowest BCUT2D eigenvalue weighted by Crippen LogP contribution is -2.49. The molecular formula is C17H26N4O2. The molecule has 2 saturated heterocycles. The zero-order chi connectivity index (χ0) is 15.9. The van der Waals surface area contributed by atoms with Crippen LogP contribution in [-0.2, 0) is 16.0 Å². The Morgan fingerprint density at radius 1 is 1.26 bits per heavy atom. The highest BCUT2D eigenvalue weighted by molar-refractivity contribution is 5.76. The topological polar surface area (TPSA) is 58.6 Å². The number of carbonyl (C=O) groups excluding carboxylic acids is 1. The summed E-state index contributed by atoms with van der Waals surface area (Å²) in [6, 6.07) is 0.164. The summed E-state index contributed by atoms with van der Waals surface area (Å²) in [6.45, 7) is 5.18. The molecule has 1 aromatic rings. The summed E-state index contributed by atoms with van der Waals surface area (Å²) in [5.41, 5.74) is 0.975. The fourth-order valence-electron chi connectivity index (χ4n) is 3.40. The van der Waals surface area contributed by atoms with Gasteiger partial charge >= 0.3 is 0 Å². The molecule has 0 aliphatic carbocycles. The van der Waals surface area contributed by atoms with Gasteiger partial charge in [-0.05, 0) is 38.8 Å². The van der Waals surface area contributed by atoms with Gasteiger partial charge in [-0.25, -0.2) is 0 Å². The maximum atomic E-state index is 12.6. The molecule has 0 spiro atoms. The predicted octanol–water partition coefficient (Wildman–Crippen LogP) is 1.12. The van der Waals surface area contributed by atoms with Gasteiger partial charge in [-0.2, -0.15) is 0 Å². The number of nitrogens with zero attached hydrogens (tertiary/aromatic N) is 4. The number of rotatable bonds is 6. The van der Waals surface area contributed by atoms with Crippen molar-refractivity contribution >= 4 is 5.91 Å². The van der Waals surface area contributed by atoms with Crippen molar-refractivity contribution in [2.75, 3.05) is 39.4 Å². The first kappa shape index (κ1) is 16.3. The van der Waals surface area contributed by atoms with Gasteiger partial charge < -0.3 is 14.5 Å². The van der Waals surface area contributed by atoms with E-state index in [1.165, 1.54) is 12.8 Å². The Kier molecular flexibility index (Phi) is 5.93. The van der Waals surface area contributed by atoms with Crippen LogP contribution in [0.25, 0.3) is 0 Å². The van der Waals surface area contributed by atoms with E-state index in [0.717, 1.165) is 38.2 Å². The first-order valence-corrected chi connectivity index (χ1v) is 8.67. The molecule has 1 amide bonds. The van der Waals surface area contributed by atoms with E-state index >= 15 is 0 Å². The molecule has 3 heterocycles. The molecule has 2 aliphatic heterocycles. The molecule has 2 fully saturated rings.